The van der Waals surface area contributed by atoms with Gasteiger partial charge in [-0.15, -0.1) is 0 Å². The van der Waals surface area contributed by atoms with Crippen LogP contribution in [0.3, 0.4) is 0 Å². The van der Waals surface area contributed by atoms with Gasteiger partial charge < -0.3 is 9.73 Å². The SMILES string of the molecule is Cn1ccc(-c2ocnc2CNC2CC2)n1. The van der Waals surface area contributed by atoms with E-state index in [0.29, 0.717) is 6.04 Å². The van der Waals surface area contributed by atoms with Crippen molar-refractivity contribution in [3.8, 4) is 11.5 Å². The average Bonchev–Trinajstić information content (AvgIpc) is 2.82. The van der Waals surface area contributed by atoms with E-state index in [1.807, 2.05) is 19.3 Å². The highest BCUT2D eigenvalue weighted by atomic mass is 16.3. The van der Waals surface area contributed by atoms with Crippen LogP contribution in [0.1, 0.15) is 18.5 Å². The first-order chi connectivity index (χ1) is 7.83. The maximum absolute atomic E-state index is 5.39. The van der Waals surface area contributed by atoms with Gasteiger partial charge in [-0.3, -0.25) is 4.68 Å². The normalized spacial score (nSPS) is 15.6. The number of nitrogens with zero attached hydrogens (tertiary/aromatic N) is 3. The molecule has 0 bridgehead atoms. The number of aromatic nitrogens is 3. The molecule has 16 heavy (non-hydrogen) atoms. The summed E-state index contributed by atoms with van der Waals surface area (Å²) in [5.74, 6) is 0.772. The molecule has 84 valence electrons. The average molecular weight is 218 g/mol. The van der Waals surface area contributed by atoms with Crippen LogP contribution < -0.4 is 5.32 Å². The molecule has 0 amide bonds. The summed E-state index contributed by atoms with van der Waals surface area (Å²) in [6, 6.07) is 2.61. The van der Waals surface area contributed by atoms with Gasteiger partial charge in [-0.1, -0.05) is 0 Å². The zero-order valence-corrected chi connectivity index (χ0v) is 9.18. The Balaban J connectivity index is 1.80. The summed E-state index contributed by atoms with van der Waals surface area (Å²) in [4.78, 5) is 4.22. The molecular formula is C11H14N4O. The lowest BCUT2D eigenvalue weighted by molar-refractivity contribution is 0.565. The number of aryl methyl sites for hydroxylation is 1. The summed E-state index contributed by atoms with van der Waals surface area (Å²) in [7, 11) is 1.89. The molecule has 3 rings (SSSR count). The molecular weight excluding hydrogens is 204 g/mol. The monoisotopic (exact) mass is 218 g/mol. The van der Waals surface area contributed by atoms with Gasteiger partial charge in [0.25, 0.3) is 0 Å². The molecule has 1 aliphatic rings. The van der Waals surface area contributed by atoms with Crippen LogP contribution in [0.15, 0.2) is 23.1 Å². The van der Waals surface area contributed by atoms with Crippen molar-refractivity contribution in [2.24, 2.45) is 7.05 Å². The second-order valence-electron chi connectivity index (χ2n) is 4.16. The van der Waals surface area contributed by atoms with Crippen LogP contribution in [-0.2, 0) is 13.6 Å². The molecule has 0 aliphatic heterocycles. The second kappa shape index (κ2) is 3.75. The van der Waals surface area contributed by atoms with E-state index < -0.39 is 0 Å². The van der Waals surface area contributed by atoms with Gasteiger partial charge in [-0.25, -0.2) is 4.98 Å². The molecule has 0 unspecified atom stereocenters. The van der Waals surface area contributed by atoms with Crippen molar-refractivity contribution < 1.29 is 4.42 Å². The van der Waals surface area contributed by atoms with Gasteiger partial charge in [0.1, 0.15) is 11.4 Å². The van der Waals surface area contributed by atoms with E-state index >= 15 is 0 Å². The first kappa shape index (κ1) is 9.59. The lowest BCUT2D eigenvalue weighted by Gasteiger charge is -2.00. The van der Waals surface area contributed by atoms with Gasteiger partial charge in [-0.2, -0.15) is 5.10 Å². The van der Waals surface area contributed by atoms with Crippen LogP contribution in [0.25, 0.3) is 11.5 Å². The van der Waals surface area contributed by atoms with Crippen molar-refractivity contribution in [3.05, 3.63) is 24.4 Å². The quantitative estimate of drug-likeness (QED) is 0.841. The van der Waals surface area contributed by atoms with Gasteiger partial charge in [0.15, 0.2) is 12.2 Å². The Bertz CT molecular complexity index is 484. The number of oxazole rings is 1. The second-order valence-corrected chi connectivity index (χ2v) is 4.16. The fourth-order valence-corrected chi connectivity index (χ4v) is 1.67. The van der Waals surface area contributed by atoms with Crippen LogP contribution in [0, 0.1) is 0 Å². The van der Waals surface area contributed by atoms with Crippen LogP contribution >= 0.6 is 0 Å². The minimum atomic E-state index is 0.674. The van der Waals surface area contributed by atoms with Crippen LogP contribution in [-0.4, -0.2) is 20.8 Å². The molecule has 0 spiro atoms. The van der Waals surface area contributed by atoms with Crippen LogP contribution in [0.2, 0.25) is 0 Å². The van der Waals surface area contributed by atoms with Gasteiger partial charge in [0.05, 0.1) is 0 Å². The highest BCUT2D eigenvalue weighted by Crippen LogP contribution is 2.23. The number of hydrogen-bond donors (Lipinski definition) is 1. The Morgan fingerprint density at radius 3 is 3.12 bits per heavy atom. The summed E-state index contributed by atoms with van der Waals surface area (Å²) in [6.07, 6.45) is 5.93. The summed E-state index contributed by atoms with van der Waals surface area (Å²) < 4.78 is 7.15. The Kier molecular flexibility index (Phi) is 2.25. The molecule has 2 aromatic heterocycles. The maximum atomic E-state index is 5.39. The third-order valence-corrected chi connectivity index (χ3v) is 2.72. The van der Waals surface area contributed by atoms with Crippen molar-refractivity contribution >= 4 is 0 Å². The van der Waals surface area contributed by atoms with E-state index in [4.69, 9.17) is 4.42 Å². The third kappa shape index (κ3) is 1.86. The van der Waals surface area contributed by atoms with E-state index in [1.54, 1.807) is 4.68 Å². The van der Waals surface area contributed by atoms with Crippen molar-refractivity contribution in [3.63, 3.8) is 0 Å². The van der Waals surface area contributed by atoms with E-state index in [2.05, 4.69) is 15.4 Å². The first-order valence-electron chi connectivity index (χ1n) is 5.48. The smallest absolute Gasteiger partial charge is 0.181 e. The molecule has 2 heterocycles. The summed E-state index contributed by atoms with van der Waals surface area (Å²) in [6.45, 7) is 0.757. The molecule has 0 atom stereocenters. The lowest BCUT2D eigenvalue weighted by Crippen LogP contribution is -2.16. The summed E-state index contributed by atoms with van der Waals surface area (Å²) in [5, 5.41) is 7.73. The van der Waals surface area contributed by atoms with Crippen molar-refractivity contribution in [2.45, 2.75) is 25.4 Å². The Labute approximate surface area is 93.5 Å². The van der Waals surface area contributed by atoms with Crippen molar-refractivity contribution in [1.29, 1.82) is 0 Å². The number of rotatable bonds is 4. The Morgan fingerprint density at radius 2 is 2.44 bits per heavy atom. The lowest BCUT2D eigenvalue weighted by atomic mass is 10.2. The molecule has 0 aromatic carbocycles. The molecule has 1 saturated carbocycles. The van der Waals surface area contributed by atoms with E-state index in [0.717, 1.165) is 23.7 Å². The zero-order chi connectivity index (χ0) is 11.0. The predicted molar refractivity (Wildman–Crippen MR) is 58.6 cm³/mol. The largest absolute Gasteiger partial charge is 0.441 e. The standard InChI is InChI=1S/C11H14N4O/c1-15-5-4-9(14-15)11-10(13-7-16-11)6-12-8-2-3-8/h4-5,7-8,12H,2-3,6H2,1H3. The fraction of sp³-hybridized carbons (Fsp3) is 0.455. The molecule has 5 heteroatoms. The fourth-order valence-electron chi connectivity index (χ4n) is 1.67. The minimum absolute atomic E-state index is 0.674. The van der Waals surface area contributed by atoms with E-state index in [9.17, 15) is 0 Å². The van der Waals surface area contributed by atoms with E-state index in [-0.39, 0.29) is 0 Å². The van der Waals surface area contributed by atoms with E-state index in [1.165, 1.54) is 19.2 Å². The molecule has 2 aromatic rings. The summed E-state index contributed by atoms with van der Waals surface area (Å²) in [5.41, 5.74) is 1.78. The van der Waals surface area contributed by atoms with Crippen LogP contribution in [0.4, 0.5) is 0 Å². The van der Waals surface area contributed by atoms with Crippen molar-refractivity contribution in [1.82, 2.24) is 20.1 Å². The molecule has 1 fully saturated rings. The topological polar surface area (TPSA) is 55.9 Å². The predicted octanol–water partition coefficient (Wildman–Crippen LogP) is 1.33. The highest BCUT2D eigenvalue weighted by Gasteiger charge is 2.22. The molecule has 1 aliphatic carbocycles. The van der Waals surface area contributed by atoms with Gasteiger partial charge in [-0.05, 0) is 18.9 Å². The molecule has 0 radical (unpaired) electrons. The molecule has 0 saturated heterocycles. The Morgan fingerprint density at radius 1 is 1.56 bits per heavy atom. The highest BCUT2D eigenvalue weighted by molar-refractivity contribution is 5.53. The van der Waals surface area contributed by atoms with Gasteiger partial charge >= 0.3 is 0 Å². The molecule has 5 nitrogen and oxygen atoms in total. The van der Waals surface area contributed by atoms with Gasteiger partial charge in [0.2, 0.25) is 0 Å². The third-order valence-electron chi connectivity index (χ3n) is 2.72. The number of hydrogen-bond acceptors (Lipinski definition) is 4. The maximum Gasteiger partial charge on any atom is 0.181 e. The van der Waals surface area contributed by atoms with Crippen LogP contribution in [0.5, 0.6) is 0 Å². The minimum Gasteiger partial charge on any atom is -0.441 e. The van der Waals surface area contributed by atoms with Crippen molar-refractivity contribution in [2.75, 3.05) is 0 Å². The molecule has 1 N–H and O–H groups in total. The zero-order valence-electron chi connectivity index (χ0n) is 9.18. The number of nitrogens with one attached hydrogen (secondary N) is 1. The summed E-state index contributed by atoms with van der Waals surface area (Å²) >= 11 is 0. The first-order valence-corrected chi connectivity index (χ1v) is 5.48. The van der Waals surface area contributed by atoms with Gasteiger partial charge in [0, 0.05) is 25.8 Å². The Hall–Kier alpha value is -1.62.